The van der Waals surface area contributed by atoms with E-state index in [1.807, 2.05) is 18.3 Å². The molecule has 2 aromatic heterocycles. The van der Waals surface area contributed by atoms with E-state index in [9.17, 15) is 0 Å². The minimum Gasteiger partial charge on any atom is -0.356 e. The van der Waals surface area contributed by atoms with Crippen LogP contribution in [0.4, 0.5) is 0 Å². The Kier molecular flexibility index (Phi) is 11.1. The van der Waals surface area contributed by atoms with Crippen LogP contribution >= 0.6 is 24.0 Å². The van der Waals surface area contributed by atoms with Crippen molar-refractivity contribution in [2.75, 3.05) is 32.7 Å². The standard InChI is InChI=1S/C21H34N8.HI/c1-3-20-27-26-17-29(20)15-13-24-21(23-12-10-18-8-5-6-11-22-18)25-16-19-9-7-14-28(19)4-2;/h5-6,8,11,17,19H,3-4,7,9-10,12-16H2,1-2H3,(H2,23,24,25);1H. The molecule has 1 unspecified atom stereocenters. The number of nitrogens with one attached hydrogen (secondary N) is 2. The Balaban J connectivity index is 0.00000320. The molecule has 166 valence electrons. The zero-order chi connectivity index (χ0) is 20.3. The summed E-state index contributed by atoms with van der Waals surface area (Å²) in [5.74, 6) is 1.88. The first kappa shape index (κ1) is 24.5. The van der Waals surface area contributed by atoms with Crippen LogP contribution in [-0.4, -0.2) is 69.4 Å². The second-order valence-corrected chi connectivity index (χ2v) is 7.33. The van der Waals surface area contributed by atoms with Crippen LogP contribution in [0.1, 0.15) is 38.2 Å². The fourth-order valence-corrected chi connectivity index (χ4v) is 3.78. The van der Waals surface area contributed by atoms with Crippen LogP contribution in [0.5, 0.6) is 0 Å². The van der Waals surface area contributed by atoms with E-state index < -0.39 is 0 Å². The molecule has 2 aromatic rings. The van der Waals surface area contributed by atoms with Gasteiger partial charge in [0.25, 0.3) is 0 Å². The predicted octanol–water partition coefficient (Wildman–Crippen LogP) is 2.12. The van der Waals surface area contributed by atoms with E-state index in [1.54, 1.807) is 6.33 Å². The lowest BCUT2D eigenvalue weighted by Gasteiger charge is -2.21. The molecule has 0 aliphatic carbocycles. The first-order chi connectivity index (χ1) is 14.3. The summed E-state index contributed by atoms with van der Waals surface area (Å²) < 4.78 is 2.09. The van der Waals surface area contributed by atoms with Crippen LogP contribution in [-0.2, 0) is 19.4 Å². The van der Waals surface area contributed by atoms with Crippen molar-refractivity contribution in [1.29, 1.82) is 0 Å². The maximum Gasteiger partial charge on any atom is 0.191 e. The minimum absolute atomic E-state index is 0. The van der Waals surface area contributed by atoms with Gasteiger partial charge in [-0.2, -0.15) is 0 Å². The van der Waals surface area contributed by atoms with Gasteiger partial charge >= 0.3 is 0 Å². The summed E-state index contributed by atoms with van der Waals surface area (Å²) in [7, 11) is 0. The average Bonchev–Trinajstić information content (AvgIpc) is 3.41. The molecule has 8 nitrogen and oxygen atoms in total. The van der Waals surface area contributed by atoms with E-state index >= 15 is 0 Å². The number of halogens is 1. The highest BCUT2D eigenvalue weighted by atomic mass is 127. The van der Waals surface area contributed by atoms with Gasteiger partial charge < -0.3 is 15.2 Å². The first-order valence-corrected chi connectivity index (χ1v) is 10.8. The van der Waals surface area contributed by atoms with Crippen LogP contribution in [0, 0.1) is 0 Å². The van der Waals surface area contributed by atoms with Crippen molar-refractivity contribution in [3.05, 3.63) is 42.2 Å². The number of aryl methyl sites for hydroxylation is 1. The largest absolute Gasteiger partial charge is 0.356 e. The number of nitrogens with zero attached hydrogens (tertiary/aromatic N) is 6. The third-order valence-electron chi connectivity index (χ3n) is 5.42. The maximum atomic E-state index is 4.89. The molecule has 2 N–H and O–H groups in total. The Bertz CT molecular complexity index is 748. The molecule has 1 aliphatic heterocycles. The highest BCUT2D eigenvalue weighted by molar-refractivity contribution is 14.0. The number of aromatic nitrogens is 4. The van der Waals surface area contributed by atoms with E-state index in [-0.39, 0.29) is 24.0 Å². The van der Waals surface area contributed by atoms with Gasteiger partial charge in [-0.1, -0.05) is 19.9 Å². The molecule has 3 rings (SSSR count). The van der Waals surface area contributed by atoms with E-state index in [2.05, 4.69) is 55.2 Å². The van der Waals surface area contributed by atoms with E-state index in [4.69, 9.17) is 4.99 Å². The van der Waals surface area contributed by atoms with Crippen molar-refractivity contribution < 1.29 is 0 Å². The van der Waals surface area contributed by atoms with Crippen LogP contribution in [0.25, 0.3) is 0 Å². The summed E-state index contributed by atoms with van der Waals surface area (Å²) >= 11 is 0. The third kappa shape index (κ3) is 7.50. The zero-order valence-corrected chi connectivity index (χ0v) is 20.5. The Hall–Kier alpha value is -1.75. The van der Waals surface area contributed by atoms with Crippen molar-refractivity contribution in [2.24, 2.45) is 4.99 Å². The number of rotatable bonds is 10. The summed E-state index contributed by atoms with van der Waals surface area (Å²) in [6.45, 7) is 9.86. The van der Waals surface area contributed by atoms with Crippen LogP contribution in [0.3, 0.4) is 0 Å². The van der Waals surface area contributed by atoms with Crippen LogP contribution < -0.4 is 10.6 Å². The minimum atomic E-state index is 0. The number of hydrogen-bond acceptors (Lipinski definition) is 5. The Labute approximate surface area is 197 Å². The molecule has 0 amide bonds. The fraction of sp³-hybridized carbons (Fsp3) is 0.619. The van der Waals surface area contributed by atoms with Crippen molar-refractivity contribution in [2.45, 2.75) is 52.1 Å². The summed E-state index contributed by atoms with van der Waals surface area (Å²) in [6, 6.07) is 6.59. The lowest BCUT2D eigenvalue weighted by atomic mass is 10.2. The molecule has 0 saturated carbocycles. The molecular weight excluding hydrogens is 491 g/mol. The smallest absolute Gasteiger partial charge is 0.191 e. The molecule has 30 heavy (non-hydrogen) atoms. The lowest BCUT2D eigenvalue weighted by molar-refractivity contribution is 0.273. The number of aliphatic imine (C=N–C) groups is 1. The molecule has 0 radical (unpaired) electrons. The number of guanidine groups is 1. The van der Waals surface area contributed by atoms with Crippen LogP contribution in [0.2, 0.25) is 0 Å². The molecule has 1 fully saturated rings. The topological polar surface area (TPSA) is 83.3 Å². The Morgan fingerprint density at radius 3 is 2.87 bits per heavy atom. The zero-order valence-electron chi connectivity index (χ0n) is 18.1. The lowest BCUT2D eigenvalue weighted by Crippen LogP contribution is -2.41. The summed E-state index contributed by atoms with van der Waals surface area (Å²) in [5.41, 5.74) is 1.09. The van der Waals surface area contributed by atoms with Gasteiger partial charge in [0.15, 0.2) is 5.96 Å². The van der Waals surface area contributed by atoms with E-state index in [0.29, 0.717) is 6.04 Å². The normalized spacial score (nSPS) is 17.0. The molecule has 0 aromatic carbocycles. The average molecular weight is 526 g/mol. The molecule has 1 atom stereocenters. The third-order valence-corrected chi connectivity index (χ3v) is 5.42. The maximum absolute atomic E-state index is 4.89. The molecule has 1 saturated heterocycles. The first-order valence-electron chi connectivity index (χ1n) is 10.8. The SMILES string of the molecule is CCc1nncn1CCNC(=NCC1CCCN1CC)NCCc1ccccn1.I. The van der Waals surface area contributed by atoms with Gasteiger partial charge in [0.2, 0.25) is 0 Å². The molecule has 9 heteroatoms. The molecule has 1 aliphatic rings. The van der Waals surface area contributed by atoms with Gasteiger partial charge in [0, 0.05) is 50.4 Å². The number of likely N-dealkylation sites (tertiary alicyclic amines) is 1. The van der Waals surface area contributed by atoms with E-state index in [0.717, 1.165) is 63.0 Å². The number of likely N-dealkylation sites (N-methyl/N-ethyl adjacent to an activating group) is 1. The summed E-state index contributed by atoms with van der Waals surface area (Å²) in [5, 5.41) is 15.1. The van der Waals surface area contributed by atoms with Gasteiger partial charge in [-0.15, -0.1) is 34.2 Å². The van der Waals surface area contributed by atoms with Crippen molar-refractivity contribution >= 4 is 29.9 Å². The Morgan fingerprint density at radius 1 is 1.23 bits per heavy atom. The molecular formula is C21H35IN8. The van der Waals surface area contributed by atoms with Gasteiger partial charge in [-0.3, -0.25) is 14.9 Å². The molecule has 0 spiro atoms. The number of hydrogen-bond donors (Lipinski definition) is 2. The second kappa shape index (κ2) is 13.5. The van der Waals surface area contributed by atoms with Gasteiger partial charge in [0.1, 0.15) is 12.2 Å². The molecule has 0 bridgehead atoms. The predicted molar refractivity (Wildman–Crippen MR) is 131 cm³/mol. The van der Waals surface area contributed by atoms with Gasteiger partial charge in [-0.25, -0.2) is 0 Å². The van der Waals surface area contributed by atoms with Gasteiger partial charge in [-0.05, 0) is 38.1 Å². The molecule has 3 heterocycles. The van der Waals surface area contributed by atoms with Gasteiger partial charge in [0.05, 0.1) is 6.54 Å². The van der Waals surface area contributed by atoms with Crippen LogP contribution in [0.15, 0.2) is 35.7 Å². The summed E-state index contributed by atoms with van der Waals surface area (Å²) in [6.07, 6.45) is 7.90. The van der Waals surface area contributed by atoms with Crippen molar-refractivity contribution in [3.63, 3.8) is 0 Å². The fourth-order valence-electron chi connectivity index (χ4n) is 3.78. The highest BCUT2D eigenvalue weighted by Crippen LogP contribution is 2.16. The quantitative estimate of drug-likeness (QED) is 0.281. The van der Waals surface area contributed by atoms with E-state index in [1.165, 1.54) is 19.4 Å². The van der Waals surface area contributed by atoms with Crippen molar-refractivity contribution in [1.82, 2.24) is 35.3 Å². The monoisotopic (exact) mass is 526 g/mol. The summed E-state index contributed by atoms with van der Waals surface area (Å²) in [4.78, 5) is 11.8. The Morgan fingerprint density at radius 2 is 2.10 bits per heavy atom. The second-order valence-electron chi connectivity index (χ2n) is 7.33. The van der Waals surface area contributed by atoms with Crippen molar-refractivity contribution in [3.8, 4) is 0 Å². The highest BCUT2D eigenvalue weighted by Gasteiger charge is 2.22. The number of pyridine rings is 1.